The van der Waals surface area contributed by atoms with Gasteiger partial charge in [-0.25, -0.2) is 0 Å². The fraction of sp³-hybridized carbons (Fsp3) is 0. The van der Waals surface area contributed by atoms with Gasteiger partial charge in [0, 0.05) is 43.2 Å². The minimum absolute atomic E-state index is 0.845. The second-order valence-electron chi connectivity index (χ2n) is 14.1. The lowest BCUT2D eigenvalue weighted by atomic mass is 9.95. The molecule has 0 fully saturated rings. The van der Waals surface area contributed by atoms with E-state index in [-0.39, 0.29) is 0 Å². The number of hydrogen-bond acceptors (Lipinski definition) is 3. The predicted molar refractivity (Wildman–Crippen MR) is 247 cm³/mol. The standard InChI is InChI=1S/C54H37NOS/c1-3-36-21-15-27-51(42(36)4-2)55(40-22-16-32-57-54-39(28-29-40)33-47(37-17-7-5-8-18-37)44-24-12-14-26-46(44)54)41-30-31-52-49(34-41)50-35-48(38-19-9-6-10-20-38)43-23-11-13-25-45(43)53(50)56-52/h3-35H,1-2H2. The molecule has 2 heterocycles. The van der Waals surface area contributed by atoms with Crippen molar-refractivity contribution in [2.45, 2.75) is 0 Å². The molecule has 0 bridgehead atoms. The monoisotopic (exact) mass is 747 g/mol. The molecule has 0 atom stereocenters. The molecule has 0 aliphatic heterocycles. The largest absolute Gasteiger partial charge is 0.455 e. The van der Waals surface area contributed by atoms with Crippen molar-refractivity contribution in [1.29, 1.82) is 0 Å². The van der Waals surface area contributed by atoms with Gasteiger partial charge in [0.15, 0.2) is 0 Å². The Morgan fingerprint density at radius 3 is 1.84 bits per heavy atom. The van der Waals surface area contributed by atoms with Gasteiger partial charge in [0.2, 0.25) is 0 Å². The third-order valence-electron chi connectivity index (χ3n) is 10.9. The summed E-state index contributed by atoms with van der Waals surface area (Å²) in [5, 5.41) is 10.2. The minimum atomic E-state index is 0.845. The lowest BCUT2D eigenvalue weighted by Gasteiger charge is -2.27. The van der Waals surface area contributed by atoms with E-state index in [4.69, 9.17) is 4.42 Å². The zero-order valence-corrected chi connectivity index (χ0v) is 32.0. The zero-order chi connectivity index (χ0) is 38.3. The topological polar surface area (TPSA) is 16.4 Å². The van der Waals surface area contributed by atoms with Crippen LogP contribution < -0.4 is 4.90 Å². The smallest absolute Gasteiger partial charge is 0.143 e. The SMILES string of the molecule is C=Cc1cccc(N(c2cccsc3c(cc2)cc(-c2ccccc2)c2ccccc23)c2ccc3oc4c5ccccc5c(-c5ccccc5)cc4c3c2)c1C=C. The number of fused-ring (bicyclic) bond motifs is 8. The Bertz CT molecular complexity index is 3180. The second kappa shape index (κ2) is 14.5. The Hall–Kier alpha value is -7.20. The zero-order valence-electron chi connectivity index (χ0n) is 31.2. The van der Waals surface area contributed by atoms with Crippen molar-refractivity contribution in [1.82, 2.24) is 0 Å². The van der Waals surface area contributed by atoms with Gasteiger partial charge >= 0.3 is 0 Å². The maximum Gasteiger partial charge on any atom is 0.143 e. The summed E-state index contributed by atoms with van der Waals surface area (Å²) in [4.78, 5) is 2.33. The van der Waals surface area contributed by atoms with Crippen LogP contribution in [0.2, 0.25) is 0 Å². The summed E-state index contributed by atoms with van der Waals surface area (Å²) >= 11 is 1.76. The van der Waals surface area contributed by atoms with Gasteiger partial charge in [-0.3, -0.25) is 0 Å². The van der Waals surface area contributed by atoms with Gasteiger partial charge in [0.25, 0.3) is 0 Å². The summed E-state index contributed by atoms with van der Waals surface area (Å²) in [5.74, 6) is 0. The normalized spacial score (nSPS) is 11.3. The number of hydrogen-bond donors (Lipinski definition) is 0. The Balaban J connectivity index is 1.24. The summed E-state index contributed by atoms with van der Waals surface area (Å²) in [6.45, 7) is 8.43. The Labute approximate surface area is 335 Å². The molecule has 0 amide bonds. The molecule has 8 aromatic carbocycles. The Morgan fingerprint density at radius 1 is 0.474 bits per heavy atom. The number of nitrogens with zero attached hydrogens (tertiary/aromatic N) is 1. The molecular weight excluding hydrogens is 711 g/mol. The van der Waals surface area contributed by atoms with Gasteiger partial charge in [-0.15, -0.1) is 11.3 Å². The highest BCUT2D eigenvalue weighted by Gasteiger charge is 2.20. The first-order valence-corrected chi connectivity index (χ1v) is 20.0. The van der Waals surface area contributed by atoms with Gasteiger partial charge in [-0.2, -0.15) is 0 Å². The molecule has 0 aliphatic carbocycles. The minimum Gasteiger partial charge on any atom is -0.455 e. The van der Waals surface area contributed by atoms with E-state index in [1.807, 2.05) is 12.2 Å². The molecule has 0 saturated heterocycles. The summed E-state index contributed by atoms with van der Waals surface area (Å²) in [6, 6.07) is 64.9. The second-order valence-corrected chi connectivity index (χ2v) is 15.1. The van der Waals surface area contributed by atoms with Crippen LogP contribution in [-0.4, -0.2) is 0 Å². The molecule has 10 rings (SSSR count). The first-order chi connectivity index (χ1) is 28.2. The van der Waals surface area contributed by atoms with Gasteiger partial charge < -0.3 is 9.32 Å². The van der Waals surface area contributed by atoms with Crippen LogP contribution in [0.3, 0.4) is 0 Å². The molecule has 0 radical (unpaired) electrons. The van der Waals surface area contributed by atoms with Crippen LogP contribution in [0.1, 0.15) is 11.1 Å². The molecule has 10 aromatic rings. The van der Waals surface area contributed by atoms with Gasteiger partial charge in [0.05, 0.1) is 5.69 Å². The molecule has 0 saturated carbocycles. The van der Waals surface area contributed by atoms with Gasteiger partial charge in [0.1, 0.15) is 11.2 Å². The number of rotatable bonds is 7. The van der Waals surface area contributed by atoms with Crippen molar-refractivity contribution in [3.8, 4) is 22.3 Å². The summed E-state index contributed by atoms with van der Waals surface area (Å²) < 4.78 is 7.94. The van der Waals surface area contributed by atoms with Gasteiger partial charge in [-0.1, -0.05) is 159 Å². The predicted octanol–water partition coefficient (Wildman–Crippen LogP) is 16.3. The van der Waals surface area contributed by atoms with Crippen molar-refractivity contribution >= 4 is 94.1 Å². The average molecular weight is 748 g/mol. The van der Waals surface area contributed by atoms with Crippen molar-refractivity contribution < 1.29 is 4.42 Å². The maximum atomic E-state index is 6.71. The van der Waals surface area contributed by atoms with E-state index < -0.39 is 0 Å². The van der Waals surface area contributed by atoms with Crippen molar-refractivity contribution in [2.75, 3.05) is 4.90 Å². The summed E-state index contributed by atoms with van der Waals surface area (Å²) in [6.07, 6.45) is 3.83. The molecule has 0 spiro atoms. The molecule has 0 aliphatic rings. The molecule has 57 heavy (non-hydrogen) atoms. The molecular formula is C54H37NOS. The summed E-state index contributed by atoms with van der Waals surface area (Å²) in [5.41, 5.74) is 11.5. The highest BCUT2D eigenvalue weighted by Crippen LogP contribution is 2.44. The van der Waals surface area contributed by atoms with E-state index in [0.717, 1.165) is 60.9 Å². The van der Waals surface area contributed by atoms with Crippen LogP contribution in [0.25, 0.3) is 88.0 Å². The van der Waals surface area contributed by atoms with E-state index >= 15 is 0 Å². The highest BCUT2D eigenvalue weighted by atomic mass is 32.1. The van der Waals surface area contributed by atoms with E-state index in [0.29, 0.717) is 0 Å². The molecule has 3 heteroatoms. The maximum absolute atomic E-state index is 6.71. The van der Waals surface area contributed by atoms with Crippen LogP contribution in [0.5, 0.6) is 0 Å². The lowest BCUT2D eigenvalue weighted by Crippen LogP contribution is -2.11. The van der Waals surface area contributed by atoms with Crippen molar-refractivity contribution in [2.24, 2.45) is 0 Å². The van der Waals surface area contributed by atoms with Gasteiger partial charge in [-0.05, 0) is 97.9 Å². The van der Waals surface area contributed by atoms with E-state index in [2.05, 4.69) is 205 Å². The van der Waals surface area contributed by atoms with Crippen LogP contribution in [-0.2, 0) is 0 Å². The molecule has 0 unspecified atom stereocenters. The molecule has 2 nitrogen and oxygen atoms in total. The van der Waals surface area contributed by atoms with E-state index in [1.54, 1.807) is 11.3 Å². The summed E-state index contributed by atoms with van der Waals surface area (Å²) in [7, 11) is 0. The molecule has 2 aromatic heterocycles. The Morgan fingerprint density at radius 2 is 1.12 bits per heavy atom. The van der Waals surface area contributed by atoms with Crippen molar-refractivity contribution in [3.63, 3.8) is 0 Å². The van der Waals surface area contributed by atoms with Crippen LogP contribution in [0, 0.1) is 0 Å². The molecule has 270 valence electrons. The fourth-order valence-corrected chi connectivity index (χ4v) is 9.14. The van der Waals surface area contributed by atoms with Crippen molar-refractivity contribution in [3.05, 3.63) is 212 Å². The van der Waals surface area contributed by atoms with Crippen LogP contribution in [0.4, 0.5) is 17.1 Å². The fourth-order valence-electron chi connectivity index (χ4n) is 8.28. The highest BCUT2D eigenvalue weighted by molar-refractivity contribution is 7.17. The lowest BCUT2D eigenvalue weighted by molar-refractivity contribution is 0.672. The average Bonchev–Trinajstić information content (AvgIpc) is 3.69. The van der Waals surface area contributed by atoms with E-state index in [1.165, 1.54) is 43.1 Å². The third-order valence-corrected chi connectivity index (χ3v) is 11.9. The number of anilines is 3. The van der Waals surface area contributed by atoms with Crippen LogP contribution >= 0.6 is 11.3 Å². The number of benzene rings is 8. The molecule has 0 N–H and O–H groups in total. The van der Waals surface area contributed by atoms with E-state index in [9.17, 15) is 0 Å². The third kappa shape index (κ3) is 5.97. The number of furan rings is 1. The first-order valence-electron chi connectivity index (χ1n) is 19.1. The Kier molecular flexibility index (Phi) is 8.70. The first kappa shape index (κ1) is 34.3. The quantitative estimate of drug-likeness (QED) is 0.161. The van der Waals surface area contributed by atoms with Crippen LogP contribution in [0.15, 0.2) is 205 Å².